The van der Waals surface area contributed by atoms with Gasteiger partial charge in [0.15, 0.2) is 0 Å². The van der Waals surface area contributed by atoms with Gasteiger partial charge in [0.25, 0.3) is 0 Å². The van der Waals surface area contributed by atoms with E-state index in [1.165, 1.54) is 0 Å². The first-order valence-electron chi connectivity index (χ1n) is 5.98. The van der Waals surface area contributed by atoms with Crippen LogP contribution in [0.5, 0.6) is 5.75 Å². The lowest BCUT2D eigenvalue weighted by Gasteiger charge is -2.10. The summed E-state index contributed by atoms with van der Waals surface area (Å²) in [6.07, 6.45) is -0.308. The maximum Gasteiger partial charge on any atom is 0.407 e. The highest BCUT2D eigenvalue weighted by atomic mass is 16.5. The molecular weight excluding hydrogens is 232 g/mol. The van der Waals surface area contributed by atoms with Crippen LogP contribution in [0.3, 0.4) is 0 Å². The van der Waals surface area contributed by atoms with Crippen molar-refractivity contribution < 1.29 is 14.3 Å². The van der Waals surface area contributed by atoms with Crippen molar-refractivity contribution in [2.45, 2.75) is 26.6 Å². The van der Waals surface area contributed by atoms with Gasteiger partial charge in [0.2, 0.25) is 0 Å². The van der Waals surface area contributed by atoms with Crippen LogP contribution in [0.1, 0.15) is 19.4 Å². The Bertz CT molecular complexity index is 363. The largest absolute Gasteiger partial charge is 0.491 e. The molecule has 5 heteroatoms. The van der Waals surface area contributed by atoms with E-state index in [-0.39, 0.29) is 12.7 Å². The molecule has 0 saturated heterocycles. The van der Waals surface area contributed by atoms with E-state index in [1.807, 2.05) is 38.1 Å². The fourth-order valence-corrected chi connectivity index (χ4v) is 1.31. The van der Waals surface area contributed by atoms with E-state index in [0.717, 1.165) is 11.3 Å². The Morgan fingerprint density at radius 3 is 2.56 bits per heavy atom. The van der Waals surface area contributed by atoms with Crippen molar-refractivity contribution in [2.75, 3.05) is 13.1 Å². The normalized spacial score (nSPS) is 10.2. The predicted molar refractivity (Wildman–Crippen MR) is 69.4 cm³/mol. The van der Waals surface area contributed by atoms with Crippen molar-refractivity contribution in [1.29, 1.82) is 0 Å². The maximum atomic E-state index is 11.2. The predicted octanol–water partition coefficient (Wildman–Crippen LogP) is 1.66. The van der Waals surface area contributed by atoms with Gasteiger partial charge in [-0.1, -0.05) is 12.1 Å². The summed E-state index contributed by atoms with van der Waals surface area (Å²) in [5.41, 5.74) is 6.17. The topological polar surface area (TPSA) is 73.6 Å². The molecule has 0 unspecified atom stereocenters. The maximum absolute atomic E-state index is 11.2. The Hall–Kier alpha value is -1.75. The average Bonchev–Trinajstić information content (AvgIpc) is 2.35. The van der Waals surface area contributed by atoms with Crippen molar-refractivity contribution in [3.05, 3.63) is 29.8 Å². The van der Waals surface area contributed by atoms with E-state index in [0.29, 0.717) is 13.1 Å². The molecule has 0 aromatic heterocycles. The first-order valence-corrected chi connectivity index (χ1v) is 5.98. The van der Waals surface area contributed by atoms with Crippen LogP contribution in [0.25, 0.3) is 0 Å². The van der Waals surface area contributed by atoms with Crippen LogP contribution in [-0.4, -0.2) is 25.3 Å². The van der Waals surface area contributed by atoms with Gasteiger partial charge in [-0.3, -0.25) is 0 Å². The molecule has 0 bridgehead atoms. The molecule has 1 aromatic rings. The molecule has 0 aliphatic rings. The molecule has 1 aromatic carbocycles. The molecule has 1 amide bonds. The van der Waals surface area contributed by atoms with Crippen LogP contribution >= 0.6 is 0 Å². The van der Waals surface area contributed by atoms with E-state index in [2.05, 4.69) is 5.32 Å². The van der Waals surface area contributed by atoms with Gasteiger partial charge in [-0.05, 0) is 31.5 Å². The van der Waals surface area contributed by atoms with Crippen molar-refractivity contribution in [3.63, 3.8) is 0 Å². The molecule has 3 N–H and O–H groups in total. The van der Waals surface area contributed by atoms with Crippen LogP contribution in [0, 0.1) is 0 Å². The number of amides is 1. The van der Waals surface area contributed by atoms with Crippen molar-refractivity contribution in [1.82, 2.24) is 5.32 Å². The molecule has 0 radical (unpaired) electrons. The van der Waals surface area contributed by atoms with E-state index < -0.39 is 6.09 Å². The van der Waals surface area contributed by atoms with Gasteiger partial charge in [0.1, 0.15) is 12.4 Å². The SMILES string of the molecule is CC(C)Oc1ccc(COC(=O)NCCN)cc1. The van der Waals surface area contributed by atoms with E-state index in [1.54, 1.807) is 0 Å². The number of nitrogens with one attached hydrogen (secondary N) is 1. The summed E-state index contributed by atoms with van der Waals surface area (Å²) in [5.74, 6) is 0.807. The minimum Gasteiger partial charge on any atom is -0.491 e. The standard InChI is InChI=1S/C13H20N2O3/c1-10(2)18-12-5-3-11(4-6-12)9-17-13(16)15-8-7-14/h3-6,10H,7-9,14H2,1-2H3,(H,15,16). The number of rotatable bonds is 6. The smallest absolute Gasteiger partial charge is 0.407 e. The Labute approximate surface area is 107 Å². The van der Waals surface area contributed by atoms with Crippen LogP contribution in [0.4, 0.5) is 4.79 Å². The number of ether oxygens (including phenoxy) is 2. The molecule has 0 heterocycles. The number of carbonyl (C=O) groups is 1. The van der Waals surface area contributed by atoms with Gasteiger partial charge in [-0.25, -0.2) is 4.79 Å². The highest BCUT2D eigenvalue weighted by Gasteiger charge is 2.02. The molecule has 5 nitrogen and oxygen atoms in total. The van der Waals surface area contributed by atoms with Crippen LogP contribution in [-0.2, 0) is 11.3 Å². The number of hydrogen-bond acceptors (Lipinski definition) is 4. The summed E-state index contributed by atoms with van der Waals surface area (Å²) in [5, 5.41) is 2.53. The molecular formula is C13H20N2O3. The lowest BCUT2D eigenvalue weighted by atomic mass is 10.2. The summed E-state index contributed by atoms with van der Waals surface area (Å²) in [7, 11) is 0. The third-order valence-corrected chi connectivity index (χ3v) is 2.08. The fraction of sp³-hybridized carbons (Fsp3) is 0.462. The molecule has 0 atom stereocenters. The van der Waals surface area contributed by atoms with Crippen LogP contribution < -0.4 is 15.8 Å². The van der Waals surface area contributed by atoms with Crippen molar-refractivity contribution in [3.8, 4) is 5.75 Å². The average molecular weight is 252 g/mol. The number of hydrogen-bond donors (Lipinski definition) is 2. The molecule has 0 saturated carbocycles. The number of carbonyl (C=O) groups excluding carboxylic acids is 1. The second-order valence-corrected chi connectivity index (χ2v) is 4.10. The monoisotopic (exact) mass is 252 g/mol. The van der Waals surface area contributed by atoms with Gasteiger partial charge in [-0.15, -0.1) is 0 Å². The van der Waals surface area contributed by atoms with Gasteiger partial charge in [0.05, 0.1) is 6.10 Å². The van der Waals surface area contributed by atoms with Gasteiger partial charge < -0.3 is 20.5 Å². The molecule has 0 aliphatic carbocycles. The lowest BCUT2D eigenvalue weighted by Crippen LogP contribution is -2.29. The van der Waals surface area contributed by atoms with E-state index >= 15 is 0 Å². The molecule has 1 rings (SSSR count). The van der Waals surface area contributed by atoms with Crippen LogP contribution in [0.2, 0.25) is 0 Å². The second-order valence-electron chi connectivity index (χ2n) is 4.10. The molecule has 0 spiro atoms. The minimum absolute atomic E-state index is 0.147. The molecule has 18 heavy (non-hydrogen) atoms. The molecule has 0 fully saturated rings. The fourth-order valence-electron chi connectivity index (χ4n) is 1.31. The number of nitrogens with two attached hydrogens (primary N) is 1. The first-order chi connectivity index (χ1) is 8.61. The third kappa shape index (κ3) is 5.54. The first kappa shape index (κ1) is 14.3. The Kier molecular flexibility index (Phi) is 6.00. The Balaban J connectivity index is 2.37. The Morgan fingerprint density at radius 2 is 2.00 bits per heavy atom. The van der Waals surface area contributed by atoms with Crippen LogP contribution in [0.15, 0.2) is 24.3 Å². The Morgan fingerprint density at radius 1 is 1.33 bits per heavy atom. The highest BCUT2D eigenvalue weighted by Crippen LogP contribution is 2.14. The van der Waals surface area contributed by atoms with Crippen molar-refractivity contribution >= 4 is 6.09 Å². The summed E-state index contributed by atoms with van der Waals surface area (Å²) in [6.45, 7) is 4.99. The highest BCUT2D eigenvalue weighted by molar-refractivity contribution is 5.67. The lowest BCUT2D eigenvalue weighted by molar-refractivity contribution is 0.140. The summed E-state index contributed by atoms with van der Waals surface area (Å²) >= 11 is 0. The zero-order valence-electron chi connectivity index (χ0n) is 10.8. The van der Waals surface area contributed by atoms with E-state index in [9.17, 15) is 4.79 Å². The van der Waals surface area contributed by atoms with Gasteiger partial charge in [0, 0.05) is 13.1 Å². The minimum atomic E-state index is -0.456. The molecule has 0 aliphatic heterocycles. The van der Waals surface area contributed by atoms with E-state index in [4.69, 9.17) is 15.2 Å². The third-order valence-electron chi connectivity index (χ3n) is 2.08. The quantitative estimate of drug-likeness (QED) is 0.807. The summed E-state index contributed by atoms with van der Waals surface area (Å²) in [4.78, 5) is 11.2. The summed E-state index contributed by atoms with van der Waals surface area (Å²) < 4.78 is 10.5. The number of alkyl carbamates (subject to hydrolysis) is 1. The zero-order chi connectivity index (χ0) is 13.4. The van der Waals surface area contributed by atoms with Crippen molar-refractivity contribution in [2.24, 2.45) is 5.73 Å². The second kappa shape index (κ2) is 7.55. The van der Waals surface area contributed by atoms with Gasteiger partial charge in [-0.2, -0.15) is 0 Å². The van der Waals surface area contributed by atoms with Gasteiger partial charge >= 0.3 is 6.09 Å². The zero-order valence-corrected chi connectivity index (χ0v) is 10.8. The number of benzene rings is 1. The summed E-state index contributed by atoms with van der Waals surface area (Å²) in [6, 6.07) is 7.45. The molecule has 100 valence electrons.